The number of carbonyl (C=O) groups is 1. The van der Waals surface area contributed by atoms with Crippen LogP contribution in [-0.4, -0.2) is 70.8 Å². The maximum atomic E-state index is 12.3. The molecule has 124 valence electrons. The number of amides is 2. The Kier molecular flexibility index (Phi) is 5.73. The largest absolute Gasteiger partial charge is 0.377 e. The van der Waals surface area contributed by atoms with Gasteiger partial charge < -0.3 is 15.0 Å². The summed E-state index contributed by atoms with van der Waals surface area (Å²) in [4.78, 5) is 20.7. The molecule has 2 N–H and O–H groups in total. The lowest BCUT2D eigenvalue weighted by molar-refractivity contribution is 0.0855. The van der Waals surface area contributed by atoms with Crippen LogP contribution in [0.15, 0.2) is 0 Å². The van der Waals surface area contributed by atoms with E-state index in [0.717, 1.165) is 19.6 Å². The molecule has 1 aromatic heterocycles. The number of hydrogen-bond donors (Lipinski definition) is 2. The molecule has 1 saturated heterocycles. The number of aromatic amines is 1. The summed E-state index contributed by atoms with van der Waals surface area (Å²) in [6, 6.07) is 0.349. The Bertz CT molecular complexity index is 489. The Morgan fingerprint density at radius 2 is 2.27 bits per heavy atom. The van der Waals surface area contributed by atoms with Crippen LogP contribution in [0.5, 0.6) is 0 Å². The van der Waals surface area contributed by atoms with Gasteiger partial charge in [-0.25, -0.2) is 9.78 Å². The fourth-order valence-electron chi connectivity index (χ4n) is 2.68. The molecule has 22 heavy (non-hydrogen) atoms. The smallest absolute Gasteiger partial charge is 0.317 e. The van der Waals surface area contributed by atoms with Crippen molar-refractivity contribution in [3.05, 3.63) is 11.6 Å². The van der Waals surface area contributed by atoms with E-state index in [1.807, 2.05) is 4.90 Å². The van der Waals surface area contributed by atoms with Crippen molar-refractivity contribution in [1.29, 1.82) is 0 Å². The van der Waals surface area contributed by atoms with E-state index in [0.29, 0.717) is 36.8 Å². The minimum absolute atomic E-state index is 0.0524. The first-order valence-electron chi connectivity index (χ1n) is 7.63. The fourth-order valence-corrected chi connectivity index (χ4v) is 2.68. The van der Waals surface area contributed by atoms with Crippen molar-refractivity contribution >= 4 is 6.03 Å². The van der Waals surface area contributed by atoms with Gasteiger partial charge in [0.15, 0.2) is 5.82 Å². The Balaban J connectivity index is 1.83. The molecule has 8 nitrogen and oxygen atoms in total. The number of ether oxygens (including phenoxy) is 1. The van der Waals surface area contributed by atoms with Crippen LogP contribution in [0.2, 0.25) is 0 Å². The third-order valence-corrected chi connectivity index (χ3v) is 4.01. The van der Waals surface area contributed by atoms with Gasteiger partial charge in [-0.2, -0.15) is 5.10 Å². The van der Waals surface area contributed by atoms with E-state index in [2.05, 4.69) is 46.3 Å². The number of hydrogen-bond acceptors (Lipinski definition) is 5. The van der Waals surface area contributed by atoms with E-state index in [-0.39, 0.29) is 6.03 Å². The van der Waals surface area contributed by atoms with Gasteiger partial charge in [-0.15, -0.1) is 0 Å². The van der Waals surface area contributed by atoms with Crippen LogP contribution in [0.1, 0.15) is 25.5 Å². The molecular weight excluding hydrogens is 284 g/mol. The third kappa shape index (κ3) is 4.17. The highest BCUT2D eigenvalue weighted by Gasteiger charge is 2.29. The van der Waals surface area contributed by atoms with Crippen molar-refractivity contribution in [3.63, 3.8) is 0 Å². The minimum Gasteiger partial charge on any atom is -0.377 e. The number of urea groups is 1. The molecule has 1 aliphatic rings. The summed E-state index contributed by atoms with van der Waals surface area (Å²) in [5.74, 6) is 1.74. The number of rotatable bonds is 5. The van der Waals surface area contributed by atoms with Crippen molar-refractivity contribution in [3.8, 4) is 0 Å². The molecule has 2 rings (SSSR count). The van der Waals surface area contributed by atoms with E-state index in [4.69, 9.17) is 4.74 Å². The summed E-state index contributed by atoms with van der Waals surface area (Å²) in [5.41, 5.74) is 0. The normalized spacial score (nSPS) is 19.7. The second kappa shape index (κ2) is 7.55. The van der Waals surface area contributed by atoms with Crippen LogP contribution in [-0.2, 0) is 17.9 Å². The Morgan fingerprint density at radius 1 is 1.50 bits per heavy atom. The average molecular weight is 310 g/mol. The topological polar surface area (TPSA) is 86.4 Å². The van der Waals surface area contributed by atoms with E-state index in [1.54, 1.807) is 7.11 Å². The van der Waals surface area contributed by atoms with Crippen molar-refractivity contribution in [2.24, 2.45) is 5.92 Å². The summed E-state index contributed by atoms with van der Waals surface area (Å²) < 4.78 is 4.96. The number of methoxy groups -OCH3 is 1. The first-order chi connectivity index (χ1) is 10.5. The molecule has 0 saturated carbocycles. The molecule has 8 heteroatoms. The summed E-state index contributed by atoms with van der Waals surface area (Å²) in [6.07, 6.45) is 0. The van der Waals surface area contributed by atoms with E-state index < -0.39 is 0 Å². The van der Waals surface area contributed by atoms with Crippen molar-refractivity contribution in [2.75, 3.05) is 33.8 Å². The molecular formula is C14H26N6O2. The lowest BCUT2D eigenvalue weighted by atomic mass is 10.0. The minimum atomic E-state index is -0.0524. The Hall–Kier alpha value is -1.67. The molecule has 2 amide bonds. The fraction of sp³-hybridized carbons (Fsp3) is 0.786. The molecule has 1 aliphatic heterocycles. The van der Waals surface area contributed by atoms with Crippen LogP contribution < -0.4 is 5.32 Å². The summed E-state index contributed by atoms with van der Waals surface area (Å²) >= 11 is 0. The maximum Gasteiger partial charge on any atom is 0.317 e. The summed E-state index contributed by atoms with van der Waals surface area (Å²) in [7, 11) is 3.71. The Labute approximate surface area is 131 Å². The van der Waals surface area contributed by atoms with Crippen LogP contribution in [0.3, 0.4) is 0 Å². The van der Waals surface area contributed by atoms with Gasteiger partial charge in [-0.1, -0.05) is 13.8 Å². The van der Waals surface area contributed by atoms with Crippen LogP contribution in [0, 0.1) is 5.92 Å². The van der Waals surface area contributed by atoms with Crippen molar-refractivity contribution in [1.82, 2.24) is 30.3 Å². The quantitative estimate of drug-likeness (QED) is 0.824. The second-order valence-corrected chi connectivity index (χ2v) is 6.03. The molecule has 0 radical (unpaired) electrons. The number of carbonyl (C=O) groups excluding carboxylic acids is 1. The zero-order chi connectivity index (χ0) is 16.1. The SMILES string of the molecule is COCc1n[nH]c(CNC(=O)N2CCN(C)[C@@H](C(C)C)C2)n1. The molecule has 1 fully saturated rings. The van der Waals surface area contributed by atoms with Gasteiger partial charge >= 0.3 is 6.03 Å². The average Bonchev–Trinajstić information content (AvgIpc) is 2.93. The number of piperazine rings is 1. The number of aromatic nitrogens is 3. The van der Waals surface area contributed by atoms with Gasteiger partial charge in [0, 0.05) is 32.8 Å². The molecule has 0 aliphatic carbocycles. The first-order valence-corrected chi connectivity index (χ1v) is 7.63. The van der Waals surface area contributed by atoms with Crippen LogP contribution in [0.4, 0.5) is 4.79 Å². The molecule has 0 aromatic carbocycles. The first kappa shape index (κ1) is 16.7. The second-order valence-electron chi connectivity index (χ2n) is 6.03. The highest BCUT2D eigenvalue weighted by Crippen LogP contribution is 2.15. The molecule has 1 atom stereocenters. The Morgan fingerprint density at radius 3 is 2.95 bits per heavy atom. The standard InChI is InChI=1S/C14H26N6O2/c1-10(2)11-8-20(6-5-19(11)3)14(21)15-7-12-16-13(9-22-4)18-17-12/h10-11H,5-9H2,1-4H3,(H,15,21)(H,16,17,18)/t11-/m1/s1. The van der Waals surface area contributed by atoms with Crippen molar-refractivity contribution in [2.45, 2.75) is 33.0 Å². The van der Waals surface area contributed by atoms with Crippen LogP contribution in [0.25, 0.3) is 0 Å². The highest BCUT2D eigenvalue weighted by molar-refractivity contribution is 5.74. The number of nitrogens with one attached hydrogen (secondary N) is 2. The highest BCUT2D eigenvalue weighted by atomic mass is 16.5. The summed E-state index contributed by atoms with van der Waals surface area (Å²) in [5, 5.41) is 9.70. The van der Waals surface area contributed by atoms with Crippen molar-refractivity contribution < 1.29 is 9.53 Å². The number of nitrogens with zero attached hydrogens (tertiary/aromatic N) is 4. The van der Waals surface area contributed by atoms with Gasteiger partial charge in [-0.3, -0.25) is 10.00 Å². The van der Waals surface area contributed by atoms with E-state index in [9.17, 15) is 4.79 Å². The van der Waals surface area contributed by atoms with Gasteiger partial charge in [0.1, 0.15) is 12.4 Å². The monoisotopic (exact) mass is 310 g/mol. The van der Waals surface area contributed by atoms with Gasteiger partial charge in [0.05, 0.1) is 6.54 Å². The van der Waals surface area contributed by atoms with Gasteiger partial charge in [0.2, 0.25) is 0 Å². The number of likely N-dealkylation sites (N-methyl/N-ethyl adjacent to an activating group) is 1. The molecule has 1 aromatic rings. The molecule has 0 unspecified atom stereocenters. The lowest BCUT2D eigenvalue weighted by Crippen LogP contribution is -2.57. The van der Waals surface area contributed by atoms with Gasteiger partial charge in [0.25, 0.3) is 0 Å². The van der Waals surface area contributed by atoms with Gasteiger partial charge in [-0.05, 0) is 13.0 Å². The van der Waals surface area contributed by atoms with Crippen LogP contribution >= 0.6 is 0 Å². The number of H-pyrrole nitrogens is 1. The van der Waals surface area contributed by atoms with E-state index >= 15 is 0 Å². The predicted molar refractivity (Wildman–Crippen MR) is 82.2 cm³/mol. The zero-order valence-electron chi connectivity index (χ0n) is 13.8. The maximum absolute atomic E-state index is 12.3. The third-order valence-electron chi connectivity index (χ3n) is 4.01. The molecule has 0 spiro atoms. The van der Waals surface area contributed by atoms with E-state index in [1.165, 1.54) is 0 Å². The summed E-state index contributed by atoms with van der Waals surface area (Å²) in [6.45, 7) is 7.48. The molecule has 2 heterocycles. The predicted octanol–water partition coefficient (Wildman–Crippen LogP) is 0.433. The zero-order valence-corrected chi connectivity index (χ0v) is 13.8. The lowest BCUT2D eigenvalue weighted by Gasteiger charge is -2.41. The molecule has 0 bridgehead atoms.